The lowest BCUT2D eigenvalue weighted by Gasteiger charge is -2.31. The van der Waals surface area contributed by atoms with Gasteiger partial charge < -0.3 is 10.2 Å². The summed E-state index contributed by atoms with van der Waals surface area (Å²) in [7, 11) is 0. The van der Waals surface area contributed by atoms with Gasteiger partial charge >= 0.3 is 0 Å². The number of amides is 1. The Morgan fingerprint density at radius 1 is 1.41 bits per heavy atom. The monoisotopic (exact) mass is 231 g/mol. The highest BCUT2D eigenvalue weighted by Gasteiger charge is 2.20. The molecule has 6 heteroatoms. The highest BCUT2D eigenvalue weighted by molar-refractivity contribution is 5.47. The molecule has 1 amide bonds. The van der Waals surface area contributed by atoms with Crippen molar-refractivity contribution in [1.29, 1.82) is 5.26 Å². The second-order valence-corrected chi connectivity index (χ2v) is 3.93. The minimum absolute atomic E-state index is 0.252. The van der Waals surface area contributed by atoms with Gasteiger partial charge in [0.05, 0.1) is 18.0 Å². The third-order valence-electron chi connectivity index (χ3n) is 2.85. The number of carbonyl (C=O) groups excluding carboxylic acids is 1. The summed E-state index contributed by atoms with van der Waals surface area (Å²) in [5.74, 6) is 0.647. The quantitative estimate of drug-likeness (QED) is 0.744. The predicted octanol–water partition coefficient (Wildman–Crippen LogP) is 0.0631. The van der Waals surface area contributed by atoms with Gasteiger partial charge in [0.15, 0.2) is 0 Å². The zero-order valence-electron chi connectivity index (χ0n) is 9.33. The molecule has 17 heavy (non-hydrogen) atoms. The van der Waals surface area contributed by atoms with E-state index in [0.717, 1.165) is 32.3 Å². The predicted molar refractivity (Wildman–Crippen MR) is 61.2 cm³/mol. The number of nitrogens with one attached hydrogen (secondary N) is 1. The molecular weight excluding hydrogens is 218 g/mol. The lowest BCUT2D eigenvalue weighted by Crippen LogP contribution is -2.42. The van der Waals surface area contributed by atoms with E-state index in [1.807, 2.05) is 6.07 Å². The van der Waals surface area contributed by atoms with Crippen molar-refractivity contribution >= 4 is 12.4 Å². The molecule has 0 aromatic carbocycles. The van der Waals surface area contributed by atoms with E-state index in [0.29, 0.717) is 11.5 Å². The molecule has 2 heterocycles. The van der Waals surface area contributed by atoms with E-state index in [1.165, 1.54) is 12.4 Å². The van der Waals surface area contributed by atoms with Crippen molar-refractivity contribution in [2.24, 2.45) is 0 Å². The van der Waals surface area contributed by atoms with Gasteiger partial charge in [0.1, 0.15) is 6.07 Å². The highest BCUT2D eigenvalue weighted by Crippen LogP contribution is 2.15. The maximum atomic E-state index is 10.3. The molecule has 88 valence electrons. The fourth-order valence-corrected chi connectivity index (χ4v) is 1.88. The first kappa shape index (κ1) is 11.3. The third kappa shape index (κ3) is 2.69. The second kappa shape index (κ2) is 5.25. The summed E-state index contributed by atoms with van der Waals surface area (Å²) in [6, 6.07) is 2.24. The van der Waals surface area contributed by atoms with Crippen molar-refractivity contribution in [3.63, 3.8) is 0 Å². The van der Waals surface area contributed by atoms with Crippen LogP contribution >= 0.6 is 0 Å². The standard InChI is InChI=1S/C11H13N5O/c12-5-9-6-13-11(14-7-9)16-3-1-10(2-4-16)15-8-17/h6-8,10H,1-4H2,(H,15,17). The Hall–Kier alpha value is -2.16. The average Bonchev–Trinajstić information content (AvgIpc) is 2.40. The maximum Gasteiger partial charge on any atom is 0.225 e. The number of hydrogen-bond donors (Lipinski definition) is 1. The van der Waals surface area contributed by atoms with Crippen LogP contribution in [-0.2, 0) is 4.79 Å². The number of piperidine rings is 1. The number of anilines is 1. The van der Waals surface area contributed by atoms with Gasteiger partial charge in [0.25, 0.3) is 0 Å². The van der Waals surface area contributed by atoms with Crippen LogP contribution in [-0.4, -0.2) is 35.5 Å². The summed E-state index contributed by atoms with van der Waals surface area (Å²) < 4.78 is 0. The largest absolute Gasteiger partial charge is 0.356 e. The first-order chi connectivity index (χ1) is 8.33. The molecule has 0 atom stereocenters. The normalized spacial score (nSPS) is 16.3. The number of hydrogen-bond acceptors (Lipinski definition) is 5. The Labute approximate surface area is 99.3 Å². The fraction of sp³-hybridized carbons (Fsp3) is 0.455. The van der Waals surface area contributed by atoms with E-state index in [1.54, 1.807) is 0 Å². The summed E-state index contributed by atoms with van der Waals surface area (Å²) in [5.41, 5.74) is 0.464. The number of nitriles is 1. The van der Waals surface area contributed by atoms with Crippen LogP contribution in [0.25, 0.3) is 0 Å². The summed E-state index contributed by atoms with van der Waals surface area (Å²) in [5, 5.41) is 11.4. The van der Waals surface area contributed by atoms with Crippen LogP contribution in [0.1, 0.15) is 18.4 Å². The molecule has 1 aliphatic rings. The highest BCUT2D eigenvalue weighted by atomic mass is 16.1. The zero-order valence-corrected chi connectivity index (χ0v) is 9.33. The van der Waals surface area contributed by atoms with Crippen molar-refractivity contribution in [2.45, 2.75) is 18.9 Å². The Morgan fingerprint density at radius 2 is 2.06 bits per heavy atom. The van der Waals surface area contributed by atoms with Gasteiger partial charge in [0.2, 0.25) is 12.4 Å². The molecule has 0 spiro atoms. The smallest absolute Gasteiger partial charge is 0.225 e. The second-order valence-electron chi connectivity index (χ2n) is 3.93. The fourth-order valence-electron chi connectivity index (χ4n) is 1.88. The van der Waals surface area contributed by atoms with Gasteiger partial charge in [-0.3, -0.25) is 4.79 Å². The van der Waals surface area contributed by atoms with Gasteiger partial charge in [-0.25, -0.2) is 9.97 Å². The third-order valence-corrected chi connectivity index (χ3v) is 2.85. The van der Waals surface area contributed by atoms with E-state index < -0.39 is 0 Å². The molecule has 6 nitrogen and oxygen atoms in total. The molecule has 1 aromatic heterocycles. The summed E-state index contributed by atoms with van der Waals surface area (Å²) in [6.07, 6.45) is 5.58. The molecule has 1 N–H and O–H groups in total. The van der Waals surface area contributed by atoms with E-state index in [2.05, 4.69) is 20.2 Å². The maximum absolute atomic E-state index is 10.3. The van der Waals surface area contributed by atoms with Crippen LogP contribution < -0.4 is 10.2 Å². The van der Waals surface area contributed by atoms with Gasteiger partial charge in [-0.15, -0.1) is 0 Å². The van der Waals surface area contributed by atoms with Crippen LogP contribution in [0.3, 0.4) is 0 Å². The molecule has 1 aromatic rings. The van der Waals surface area contributed by atoms with Crippen molar-refractivity contribution in [1.82, 2.24) is 15.3 Å². The first-order valence-electron chi connectivity index (χ1n) is 5.50. The molecule has 2 rings (SSSR count). The van der Waals surface area contributed by atoms with E-state index >= 15 is 0 Å². The SMILES string of the molecule is N#Cc1cnc(N2CCC(NC=O)CC2)nc1. The molecule has 0 saturated carbocycles. The van der Waals surface area contributed by atoms with Crippen molar-refractivity contribution in [2.75, 3.05) is 18.0 Å². The summed E-state index contributed by atoms with van der Waals surface area (Å²) >= 11 is 0. The molecular formula is C11H13N5O. The summed E-state index contributed by atoms with van der Waals surface area (Å²) in [6.45, 7) is 1.63. The lowest BCUT2D eigenvalue weighted by molar-refractivity contribution is -0.110. The molecule has 0 unspecified atom stereocenters. The number of aromatic nitrogens is 2. The van der Waals surface area contributed by atoms with Crippen LogP contribution in [0.5, 0.6) is 0 Å². The van der Waals surface area contributed by atoms with Crippen LogP contribution in [0.4, 0.5) is 5.95 Å². The van der Waals surface area contributed by atoms with E-state index in [-0.39, 0.29) is 6.04 Å². The lowest BCUT2D eigenvalue weighted by atomic mass is 10.1. The number of nitrogens with zero attached hydrogens (tertiary/aromatic N) is 4. The molecule has 1 aliphatic heterocycles. The van der Waals surface area contributed by atoms with Crippen LogP contribution in [0.2, 0.25) is 0 Å². The van der Waals surface area contributed by atoms with Gasteiger partial charge in [-0.05, 0) is 12.8 Å². The van der Waals surface area contributed by atoms with E-state index in [4.69, 9.17) is 5.26 Å². The minimum Gasteiger partial charge on any atom is -0.356 e. The Balaban J connectivity index is 1.96. The van der Waals surface area contributed by atoms with Crippen LogP contribution in [0.15, 0.2) is 12.4 Å². The molecule has 1 fully saturated rings. The van der Waals surface area contributed by atoms with Crippen molar-refractivity contribution < 1.29 is 4.79 Å². The molecule has 1 saturated heterocycles. The van der Waals surface area contributed by atoms with Gasteiger partial charge in [-0.2, -0.15) is 5.26 Å². The molecule has 0 radical (unpaired) electrons. The van der Waals surface area contributed by atoms with Crippen LogP contribution in [0, 0.1) is 11.3 Å². The Bertz CT molecular complexity index is 416. The Kier molecular flexibility index (Phi) is 3.50. The summed E-state index contributed by atoms with van der Waals surface area (Å²) in [4.78, 5) is 20.7. The van der Waals surface area contributed by atoms with Crippen molar-refractivity contribution in [3.8, 4) is 6.07 Å². The van der Waals surface area contributed by atoms with Crippen molar-refractivity contribution in [3.05, 3.63) is 18.0 Å². The first-order valence-corrected chi connectivity index (χ1v) is 5.50. The zero-order chi connectivity index (χ0) is 12.1. The topological polar surface area (TPSA) is 81.9 Å². The molecule has 0 bridgehead atoms. The molecule has 0 aliphatic carbocycles. The van der Waals surface area contributed by atoms with Gasteiger partial charge in [-0.1, -0.05) is 0 Å². The van der Waals surface area contributed by atoms with Gasteiger partial charge in [0, 0.05) is 19.1 Å². The number of carbonyl (C=O) groups is 1. The average molecular weight is 231 g/mol. The number of rotatable bonds is 3. The Morgan fingerprint density at radius 3 is 2.59 bits per heavy atom. The minimum atomic E-state index is 0.252. The van der Waals surface area contributed by atoms with E-state index in [9.17, 15) is 4.79 Å².